The molecule has 0 aromatic carbocycles. The number of aromatic amines is 1. The van der Waals surface area contributed by atoms with Crippen molar-refractivity contribution in [3.05, 3.63) is 34.2 Å². The molecule has 96 valence electrons. The Morgan fingerprint density at radius 2 is 1.67 bits per heavy atom. The highest BCUT2D eigenvalue weighted by molar-refractivity contribution is 5.95. The lowest BCUT2D eigenvalue weighted by Gasteiger charge is -2.17. The first-order chi connectivity index (χ1) is 8.40. The number of aromatic nitrogens is 1. The van der Waals surface area contributed by atoms with E-state index in [1.165, 1.54) is 18.2 Å². The molecule has 0 aliphatic carbocycles. The van der Waals surface area contributed by atoms with Crippen molar-refractivity contribution >= 4 is 17.8 Å². The van der Waals surface area contributed by atoms with Crippen LogP contribution in [0.2, 0.25) is 0 Å². The van der Waals surface area contributed by atoms with E-state index in [-0.39, 0.29) is 5.69 Å². The maximum absolute atomic E-state index is 11.8. The summed E-state index contributed by atoms with van der Waals surface area (Å²) in [5.41, 5.74) is -0.698. The Kier molecular flexibility index (Phi) is 4.19. The van der Waals surface area contributed by atoms with E-state index in [2.05, 4.69) is 4.98 Å². The van der Waals surface area contributed by atoms with Crippen molar-refractivity contribution in [2.24, 2.45) is 0 Å². The molecular weight excluding hydrogens is 244 g/mol. The fraction of sp³-hybridized carbons (Fsp3) is 0.200. The predicted octanol–water partition coefficient (Wildman–Crippen LogP) is -1.01. The summed E-state index contributed by atoms with van der Waals surface area (Å²) in [7, 11) is 0. The second-order valence-corrected chi connectivity index (χ2v) is 3.38. The Hall–Kier alpha value is -2.64. The van der Waals surface area contributed by atoms with Gasteiger partial charge in [0.05, 0.1) is 0 Å². The average molecular weight is 254 g/mol. The molecule has 1 aromatic rings. The SMILES string of the molecule is O=C(O)CN(CC(=O)O)C(=O)c1cccc(=O)[nH]1. The molecule has 18 heavy (non-hydrogen) atoms. The minimum Gasteiger partial charge on any atom is -0.480 e. The summed E-state index contributed by atoms with van der Waals surface area (Å²) in [5, 5.41) is 17.2. The molecule has 0 bridgehead atoms. The van der Waals surface area contributed by atoms with Gasteiger partial charge in [0.25, 0.3) is 5.91 Å². The third-order valence-electron chi connectivity index (χ3n) is 1.94. The summed E-state index contributed by atoms with van der Waals surface area (Å²) >= 11 is 0. The summed E-state index contributed by atoms with van der Waals surface area (Å²) in [4.78, 5) is 46.7. The molecule has 0 radical (unpaired) electrons. The van der Waals surface area contributed by atoms with Crippen LogP contribution in [0.25, 0.3) is 0 Å². The van der Waals surface area contributed by atoms with Crippen LogP contribution in [0, 0.1) is 0 Å². The second-order valence-electron chi connectivity index (χ2n) is 3.38. The van der Waals surface area contributed by atoms with Gasteiger partial charge in [-0.05, 0) is 6.07 Å². The summed E-state index contributed by atoms with van der Waals surface area (Å²) < 4.78 is 0. The molecule has 0 saturated carbocycles. The smallest absolute Gasteiger partial charge is 0.323 e. The van der Waals surface area contributed by atoms with Crippen molar-refractivity contribution in [2.45, 2.75) is 0 Å². The molecule has 0 aliphatic rings. The van der Waals surface area contributed by atoms with E-state index >= 15 is 0 Å². The van der Waals surface area contributed by atoms with E-state index < -0.39 is 36.5 Å². The van der Waals surface area contributed by atoms with Crippen LogP contribution in [-0.2, 0) is 9.59 Å². The number of amides is 1. The Labute approximate surface area is 100 Å². The topological polar surface area (TPSA) is 128 Å². The normalized spacial score (nSPS) is 9.78. The largest absolute Gasteiger partial charge is 0.480 e. The molecule has 0 fully saturated rings. The van der Waals surface area contributed by atoms with Crippen molar-refractivity contribution in [2.75, 3.05) is 13.1 Å². The first-order valence-electron chi connectivity index (χ1n) is 4.82. The van der Waals surface area contributed by atoms with Crippen LogP contribution >= 0.6 is 0 Å². The Balaban J connectivity index is 2.97. The molecule has 1 rings (SSSR count). The first-order valence-corrected chi connectivity index (χ1v) is 4.82. The molecule has 8 nitrogen and oxygen atoms in total. The molecule has 0 atom stereocenters. The number of carbonyl (C=O) groups is 3. The third kappa shape index (κ3) is 3.74. The number of nitrogens with one attached hydrogen (secondary N) is 1. The lowest BCUT2D eigenvalue weighted by molar-refractivity contribution is -0.140. The highest BCUT2D eigenvalue weighted by Crippen LogP contribution is 2.00. The van der Waals surface area contributed by atoms with Crippen LogP contribution in [0.4, 0.5) is 0 Å². The van der Waals surface area contributed by atoms with E-state index in [4.69, 9.17) is 10.2 Å². The van der Waals surface area contributed by atoms with Crippen LogP contribution in [0.5, 0.6) is 0 Å². The van der Waals surface area contributed by atoms with Gasteiger partial charge in [-0.1, -0.05) is 6.07 Å². The number of rotatable bonds is 5. The van der Waals surface area contributed by atoms with E-state index in [1.807, 2.05) is 0 Å². The van der Waals surface area contributed by atoms with Crippen LogP contribution in [-0.4, -0.2) is 51.0 Å². The number of nitrogens with zero attached hydrogens (tertiary/aromatic N) is 1. The maximum Gasteiger partial charge on any atom is 0.323 e. The number of carbonyl (C=O) groups excluding carboxylic acids is 1. The standard InChI is InChI=1S/C10H10N2O6/c13-7-3-1-2-6(11-7)10(18)12(4-8(14)15)5-9(16)17/h1-3H,4-5H2,(H,11,13)(H,14,15)(H,16,17). The van der Waals surface area contributed by atoms with Gasteiger partial charge in [-0.2, -0.15) is 0 Å². The van der Waals surface area contributed by atoms with E-state index in [0.29, 0.717) is 4.90 Å². The van der Waals surface area contributed by atoms with Crippen molar-refractivity contribution in [3.63, 3.8) is 0 Å². The van der Waals surface area contributed by atoms with Crippen molar-refractivity contribution in [1.29, 1.82) is 0 Å². The maximum atomic E-state index is 11.8. The van der Waals surface area contributed by atoms with Crippen LogP contribution in [0.15, 0.2) is 23.0 Å². The predicted molar refractivity (Wildman–Crippen MR) is 58.2 cm³/mol. The zero-order chi connectivity index (χ0) is 13.7. The summed E-state index contributed by atoms with van der Waals surface area (Å²) in [6, 6.07) is 3.75. The van der Waals surface area contributed by atoms with Crippen molar-refractivity contribution in [1.82, 2.24) is 9.88 Å². The number of carboxylic acid groups (broad SMARTS) is 2. The summed E-state index contributed by atoms with van der Waals surface area (Å²) in [6.45, 7) is -1.52. The van der Waals surface area contributed by atoms with Gasteiger partial charge in [0, 0.05) is 6.07 Å². The molecule has 1 aromatic heterocycles. The zero-order valence-corrected chi connectivity index (χ0v) is 9.12. The Morgan fingerprint density at radius 1 is 1.11 bits per heavy atom. The highest BCUT2D eigenvalue weighted by Gasteiger charge is 2.21. The monoisotopic (exact) mass is 254 g/mol. The molecule has 0 saturated heterocycles. The highest BCUT2D eigenvalue weighted by atomic mass is 16.4. The molecule has 0 unspecified atom stereocenters. The summed E-state index contributed by atoms with van der Waals surface area (Å²) in [5.74, 6) is -3.55. The van der Waals surface area contributed by atoms with E-state index in [0.717, 1.165) is 0 Å². The fourth-order valence-electron chi connectivity index (χ4n) is 1.27. The molecular formula is C10H10N2O6. The van der Waals surface area contributed by atoms with Gasteiger partial charge in [-0.3, -0.25) is 19.2 Å². The fourth-order valence-corrected chi connectivity index (χ4v) is 1.27. The Bertz CT molecular complexity index is 519. The van der Waals surface area contributed by atoms with Gasteiger partial charge in [0.1, 0.15) is 18.8 Å². The number of carboxylic acids is 2. The van der Waals surface area contributed by atoms with Crippen molar-refractivity contribution < 1.29 is 24.6 Å². The summed E-state index contributed by atoms with van der Waals surface area (Å²) in [6.07, 6.45) is 0. The number of hydrogen-bond acceptors (Lipinski definition) is 4. The van der Waals surface area contributed by atoms with Gasteiger partial charge in [0.2, 0.25) is 5.56 Å². The lowest BCUT2D eigenvalue weighted by atomic mass is 10.3. The molecule has 0 spiro atoms. The molecule has 1 amide bonds. The van der Waals surface area contributed by atoms with Crippen molar-refractivity contribution in [3.8, 4) is 0 Å². The number of pyridine rings is 1. The zero-order valence-electron chi connectivity index (χ0n) is 9.12. The second kappa shape index (κ2) is 5.62. The molecule has 8 heteroatoms. The van der Waals surface area contributed by atoms with Gasteiger partial charge in [0.15, 0.2) is 0 Å². The molecule has 0 aliphatic heterocycles. The third-order valence-corrected chi connectivity index (χ3v) is 1.94. The average Bonchev–Trinajstić information content (AvgIpc) is 2.26. The number of H-pyrrole nitrogens is 1. The first kappa shape index (κ1) is 13.4. The minimum atomic E-state index is -1.34. The van der Waals surface area contributed by atoms with Gasteiger partial charge in [-0.15, -0.1) is 0 Å². The molecule has 1 heterocycles. The van der Waals surface area contributed by atoms with Crippen LogP contribution in [0.3, 0.4) is 0 Å². The van der Waals surface area contributed by atoms with Gasteiger partial charge >= 0.3 is 11.9 Å². The van der Waals surface area contributed by atoms with Crippen LogP contribution < -0.4 is 5.56 Å². The Morgan fingerprint density at radius 3 is 2.11 bits per heavy atom. The number of hydrogen-bond donors (Lipinski definition) is 3. The van der Waals surface area contributed by atoms with Crippen LogP contribution in [0.1, 0.15) is 10.5 Å². The lowest BCUT2D eigenvalue weighted by Crippen LogP contribution is -2.40. The van der Waals surface area contributed by atoms with Gasteiger partial charge in [-0.25, -0.2) is 0 Å². The quantitative estimate of drug-likeness (QED) is 0.617. The van der Waals surface area contributed by atoms with E-state index in [1.54, 1.807) is 0 Å². The minimum absolute atomic E-state index is 0.162. The van der Waals surface area contributed by atoms with Gasteiger partial charge < -0.3 is 20.1 Å². The molecule has 3 N–H and O–H groups in total. The number of aliphatic carboxylic acids is 2. The van der Waals surface area contributed by atoms with E-state index in [9.17, 15) is 19.2 Å².